The maximum Gasteiger partial charge on any atom is 0.265 e. The Morgan fingerprint density at radius 3 is 2.58 bits per heavy atom. The maximum absolute atomic E-state index is 15.2. The van der Waals surface area contributed by atoms with Crippen molar-refractivity contribution in [3.63, 3.8) is 0 Å². The molecule has 1 spiro atoms. The smallest absolute Gasteiger partial charge is 0.265 e. The fourth-order valence-corrected chi connectivity index (χ4v) is 13.2. The summed E-state index contributed by atoms with van der Waals surface area (Å²) in [6.45, 7) is 13.7. The van der Waals surface area contributed by atoms with Crippen molar-refractivity contribution in [2.75, 3.05) is 75.9 Å². The number of H-pyrrole nitrogens is 1. The number of nitrogens with one attached hydrogen (secondary N) is 3. The van der Waals surface area contributed by atoms with Gasteiger partial charge in [-0.05, 0) is 147 Å². The number of halogens is 1. The number of rotatable bonds is 15. The number of carbonyl (C=O) groups is 1. The van der Waals surface area contributed by atoms with Gasteiger partial charge in [0, 0.05) is 73.7 Å². The van der Waals surface area contributed by atoms with E-state index in [4.69, 9.17) is 18.9 Å². The number of benzene rings is 3. The molecular weight excluding hydrogens is 948 g/mol. The molecule has 2 atom stereocenters. The van der Waals surface area contributed by atoms with Crippen LogP contribution in [-0.4, -0.2) is 114 Å². The Bertz CT molecular complexity index is 2790. The van der Waals surface area contributed by atoms with E-state index in [0.29, 0.717) is 91.2 Å². The van der Waals surface area contributed by atoms with Gasteiger partial charge in [0.05, 0.1) is 35.8 Å². The Balaban J connectivity index is 0.815. The number of pyridine rings is 1. The molecule has 3 saturated heterocycles. The summed E-state index contributed by atoms with van der Waals surface area (Å²) < 4.78 is 42.9. The number of piperidine rings is 1. The quantitative estimate of drug-likeness (QED) is 0.0579. The van der Waals surface area contributed by atoms with E-state index in [9.17, 15) is 14.8 Å². The minimum atomic E-state index is -0.657. The predicted octanol–water partition coefficient (Wildman–Crippen LogP) is 10.9. The topological polar surface area (TPSA) is 166 Å². The summed E-state index contributed by atoms with van der Waals surface area (Å²) in [6.07, 6.45) is 11.4. The SMILES string of the molecule is CC(C)c1ccccc1[C@H]1CCCN1C1CC2(CCN(c3ccc(C(=O)NSc4cc(N=O)c5c(c4)OC[C@H]([C@H]4CC[C@](C)(O)CC4)N5)c(Oc4cc5c(F)c[nH]c5nc4OCCN4CCOCC4)c3)CC2)C1. The van der Waals surface area contributed by atoms with Crippen LogP contribution in [0.2, 0.25) is 0 Å². The highest BCUT2D eigenvalue weighted by atomic mass is 32.2. The number of carbonyl (C=O) groups excluding carboxylic acids is 1. The number of amides is 1. The Hall–Kier alpha value is -5.46. The molecule has 6 heterocycles. The van der Waals surface area contributed by atoms with Crippen LogP contribution in [0.1, 0.15) is 118 Å². The highest BCUT2D eigenvalue weighted by Crippen LogP contribution is 2.55. The third-order valence-corrected chi connectivity index (χ3v) is 17.6. The van der Waals surface area contributed by atoms with Crippen LogP contribution in [0.5, 0.6) is 23.1 Å². The minimum absolute atomic E-state index is 0.0212. The molecule has 73 heavy (non-hydrogen) atoms. The number of aromatic nitrogens is 2. The van der Waals surface area contributed by atoms with E-state index in [-0.39, 0.29) is 46.0 Å². The summed E-state index contributed by atoms with van der Waals surface area (Å²) in [6, 6.07) is 20.8. The number of nitroso groups, excluding NO2 is 1. The Labute approximate surface area is 431 Å². The first-order valence-corrected chi connectivity index (χ1v) is 27.4. The van der Waals surface area contributed by atoms with Crippen molar-refractivity contribution in [1.82, 2.24) is 24.5 Å². The van der Waals surface area contributed by atoms with Gasteiger partial charge in [0.25, 0.3) is 11.8 Å². The second kappa shape index (κ2) is 21.0. The number of likely N-dealkylation sites (tertiary alicyclic amines) is 1. The molecule has 2 saturated carbocycles. The van der Waals surface area contributed by atoms with E-state index < -0.39 is 17.3 Å². The van der Waals surface area contributed by atoms with Crippen molar-refractivity contribution in [2.24, 2.45) is 16.5 Å². The van der Waals surface area contributed by atoms with Crippen LogP contribution in [0.4, 0.5) is 21.5 Å². The van der Waals surface area contributed by atoms with Crippen LogP contribution in [0.3, 0.4) is 0 Å². The number of hydrogen-bond acceptors (Lipinski definition) is 14. The number of nitrogens with zero attached hydrogens (tertiary/aromatic N) is 5. The molecule has 1 amide bonds. The number of fused-ring (bicyclic) bond motifs is 2. The van der Waals surface area contributed by atoms with Crippen LogP contribution in [0.25, 0.3) is 11.0 Å². The molecule has 0 bridgehead atoms. The number of anilines is 2. The van der Waals surface area contributed by atoms with Crippen LogP contribution < -0.4 is 29.1 Å². The van der Waals surface area contributed by atoms with Crippen LogP contribution in [0.15, 0.2) is 76.9 Å². The lowest BCUT2D eigenvalue weighted by molar-refractivity contribution is -0.0227. The van der Waals surface area contributed by atoms with E-state index >= 15 is 4.39 Å². The van der Waals surface area contributed by atoms with Crippen molar-refractivity contribution in [3.05, 3.63) is 94.3 Å². The van der Waals surface area contributed by atoms with Gasteiger partial charge in [0.2, 0.25) is 0 Å². The van der Waals surface area contributed by atoms with Crippen molar-refractivity contribution in [2.45, 2.75) is 120 Å². The Morgan fingerprint density at radius 2 is 1.79 bits per heavy atom. The molecule has 0 unspecified atom stereocenters. The number of aromatic amines is 1. The zero-order valence-electron chi connectivity index (χ0n) is 42.3. The van der Waals surface area contributed by atoms with Crippen LogP contribution in [0, 0.1) is 22.1 Å². The molecule has 2 aliphatic carbocycles. The number of ether oxygens (including phenoxy) is 4. The molecular formula is C56H69FN8O7S. The molecule has 17 heteroatoms. The zero-order valence-corrected chi connectivity index (χ0v) is 43.1. The lowest BCUT2D eigenvalue weighted by Gasteiger charge is -2.56. The Morgan fingerprint density at radius 1 is 1.00 bits per heavy atom. The van der Waals surface area contributed by atoms with Crippen molar-refractivity contribution >= 4 is 46.0 Å². The van der Waals surface area contributed by atoms with E-state index in [0.717, 1.165) is 76.0 Å². The van der Waals surface area contributed by atoms with Crippen LogP contribution >= 0.6 is 11.9 Å². The van der Waals surface area contributed by atoms with Gasteiger partial charge in [-0.3, -0.25) is 19.3 Å². The third-order valence-electron chi connectivity index (χ3n) is 16.8. The highest BCUT2D eigenvalue weighted by Gasteiger charge is 2.50. The minimum Gasteiger partial charge on any atom is -0.489 e. The second-order valence-corrected chi connectivity index (χ2v) is 22.9. The number of hydrogen-bond donors (Lipinski definition) is 4. The lowest BCUT2D eigenvalue weighted by atomic mass is 9.59. The second-order valence-electron chi connectivity index (χ2n) is 22.0. The molecule has 388 valence electrons. The van der Waals surface area contributed by atoms with Gasteiger partial charge in [0.15, 0.2) is 5.75 Å². The standard InChI is InChI=1S/C56H69FN8O7S/c1-35(2)40-7-4-5-8-41(40)47-9-6-18-65(47)38-31-56(32-38)16-19-64(20-17-56)37-10-11-42(48(27-37)72-50-30-43-44(57)33-58-52(43)60-54(50)70-26-23-63-21-24-69-25-22-63)53(66)62-73-39-28-45(61-68)51-49(29-39)71-34-46(59-51)36-12-14-55(3,67)15-13-36/h4-5,7-8,10-11,27-30,33,35-36,38,46-47,59,67H,6,9,12-26,31-32,34H2,1-3H3,(H,58,60)(H,62,66)/t36-,46-,47-,55-/m1/s1. The normalized spacial score (nSPS) is 24.5. The molecule has 0 radical (unpaired) electrons. The third kappa shape index (κ3) is 10.6. The number of aliphatic hydroxyl groups is 1. The fraction of sp³-hybridized carbons (Fsp3) is 0.536. The molecule has 11 rings (SSSR count). The van der Waals surface area contributed by atoms with Gasteiger partial charge in [-0.1, -0.05) is 38.1 Å². The maximum atomic E-state index is 15.2. The van der Waals surface area contributed by atoms with Crippen molar-refractivity contribution in [1.29, 1.82) is 0 Å². The van der Waals surface area contributed by atoms with Crippen molar-refractivity contribution < 1.29 is 33.2 Å². The van der Waals surface area contributed by atoms with Gasteiger partial charge in [-0.25, -0.2) is 4.39 Å². The fourth-order valence-electron chi connectivity index (χ4n) is 12.5. The molecule has 6 aliphatic rings. The van der Waals surface area contributed by atoms with E-state index in [1.54, 1.807) is 24.3 Å². The molecule has 2 aromatic heterocycles. The summed E-state index contributed by atoms with van der Waals surface area (Å²) in [5.74, 6) is 0.964. The molecule has 4 N–H and O–H groups in total. The zero-order chi connectivity index (χ0) is 50.3. The molecule has 5 fully saturated rings. The van der Waals surface area contributed by atoms with Gasteiger partial charge < -0.3 is 39.3 Å². The van der Waals surface area contributed by atoms with E-state index in [1.807, 2.05) is 19.1 Å². The highest BCUT2D eigenvalue weighted by molar-refractivity contribution is 7.98. The Kier molecular flexibility index (Phi) is 14.3. The van der Waals surface area contributed by atoms with Gasteiger partial charge in [0.1, 0.15) is 47.6 Å². The van der Waals surface area contributed by atoms with E-state index in [2.05, 4.69) is 78.0 Å². The first-order valence-electron chi connectivity index (χ1n) is 26.5. The molecule has 4 aliphatic heterocycles. The summed E-state index contributed by atoms with van der Waals surface area (Å²) in [5.41, 5.74) is 4.85. The summed E-state index contributed by atoms with van der Waals surface area (Å²) in [5, 5.41) is 17.6. The largest absolute Gasteiger partial charge is 0.489 e. The number of morpholine rings is 1. The monoisotopic (exact) mass is 1020 g/mol. The first kappa shape index (κ1) is 49.7. The van der Waals surface area contributed by atoms with Gasteiger partial charge >= 0.3 is 0 Å². The first-order chi connectivity index (χ1) is 35.4. The molecule has 5 aromatic rings. The summed E-state index contributed by atoms with van der Waals surface area (Å²) >= 11 is 1.04. The van der Waals surface area contributed by atoms with Gasteiger partial charge in [-0.15, -0.1) is 4.91 Å². The average molecular weight is 1020 g/mol. The van der Waals surface area contributed by atoms with Crippen LogP contribution in [-0.2, 0) is 4.74 Å². The summed E-state index contributed by atoms with van der Waals surface area (Å²) in [4.78, 5) is 42.2. The van der Waals surface area contributed by atoms with E-state index in [1.165, 1.54) is 43.0 Å². The van der Waals surface area contributed by atoms with Gasteiger partial charge in [-0.2, -0.15) is 4.98 Å². The average Bonchev–Trinajstić information content (AvgIpc) is 4.03. The lowest BCUT2D eigenvalue weighted by Crippen LogP contribution is -2.54. The molecule has 15 nitrogen and oxygen atoms in total. The predicted molar refractivity (Wildman–Crippen MR) is 282 cm³/mol. The van der Waals surface area contributed by atoms with Crippen molar-refractivity contribution in [3.8, 4) is 23.1 Å². The molecule has 3 aromatic carbocycles. The summed E-state index contributed by atoms with van der Waals surface area (Å²) in [7, 11) is 0.